The van der Waals surface area contributed by atoms with E-state index < -0.39 is 17.8 Å². The van der Waals surface area contributed by atoms with Crippen LogP contribution in [-0.2, 0) is 9.59 Å². The average Bonchev–Trinajstić information content (AvgIpc) is 3.70. The van der Waals surface area contributed by atoms with Gasteiger partial charge in [-0.2, -0.15) is 0 Å². The number of amides is 2. The van der Waals surface area contributed by atoms with Gasteiger partial charge in [-0.15, -0.1) is 0 Å². The van der Waals surface area contributed by atoms with Crippen LogP contribution in [0.3, 0.4) is 0 Å². The molecular formula is C29H42FN3O3. The number of rotatable bonds is 9. The first-order chi connectivity index (χ1) is 17.3. The second kappa shape index (κ2) is 11.8. The number of nitrogens with one attached hydrogen (secondary N) is 2. The number of ketones is 1. The van der Waals surface area contributed by atoms with Crippen molar-refractivity contribution >= 4 is 17.6 Å². The van der Waals surface area contributed by atoms with Gasteiger partial charge >= 0.3 is 0 Å². The number of benzene rings is 1. The van der Waals surface area contributed by atoms with Gasteiger partial charge in [0.15, 0.2) is 5.78 Å². The molecule has 2 saturated carbocycles. The summed E-state index contributed by atoms with van der Waals surface area (Å²) >= 11 is 0. The van der Waals surface area contributed by atoms with Crippen molar-refractivity contribution in [2.45, 2.75) is 96.6 Å². The molecule has 7 heteroatoms. The van der Waals surface area contributed by atoms with E-state index in [2.05, 4.69) is 10.6 Å². The van der Waals surface area contributed by atoms with E-state index in [0.29, 0.717) is 24.7 Å². The third-order valence-electron chi connectivity index (χ3n) is 8.30. The van der Waals surface area contributed by atoms with Crippen molar-refractivity contribution in [2.24, 2.45) is 11.8 Å². The molecule has 0 aromatic heterocycles. The number of hydrogen-bond donors (Lipinski definition) is 2. The number of halogens is 1. The van der Waals surface area contributed by atoms with Crippen LogP contribution < -0.4 is 10.6 Å². The molecule has 198 valence electrons. The van der Waals surface area contributed by atoms with Crippen molar-refractivity contribution in [2.75, 3.05) is 19.6 Å². The number of piperidine rings is 1. The smallest absolute Gasteiger partial charge is 0.255 e. The van der Waals surface area contributed by atoms with E-state index in [0.717, 1.165) is 69.9 Å². The van der Waals surface area contributed by atoms with Gasteiger partial charge in [0, 0.05) is 31.0 Å². The number of hydrogen-bond acceptors (Lipinski definition) is 4. The van der Waals surface area contributed by atoms with Crippen LogP contribution in [0.1, 0.15) is 99.0 Å². The fraction of sp³-hybridized carbons (Fsp3) is 0.690. The second-order valence-corrected chi connectivity index (χ2v) is 11.4. The van der Waals surface area contributed by atoms with Gasteiger partial charge < -0.3 is 15.5 Å². The number of nitrogens with zero attached hydrogens (tertiary/aromatic N) is 1. The number of carbonyl (C=O) groups is 3. The van der Waals surface area contributed by atoms with Crippen LogP contribution in [0.5, 0.6) is 0 Å². The molecule has 0 radical (unpaired) electrons. The molecule has 1 heterocycles. The standard InChI is InChI=1S/C29H42FN3O3/c1-18(2)28(35)27(20-8-5-4-6-9-20)32-29(36)26-19(3)23(13-14-24(26)30)21-10-7-15-33(17-21)25(34)16-31-22-11-12-22/h13-14,18,20-22,27,31H,4-12,15-17H2,1-3H3,(H,32,36)/t21?,27-/m1/s1. The first-order valence-electron chi connectivity index (χ1n) is 13.9. The maximum absolute atomic E-state index is 15.1. The lowest BCUT2D eigenvalue weighted by molar-refractivity contribution is -0.131. The Morgan fingerprint density at radius 1 is 1.03 bits per heavy atom. The summed E-state index contributed by atoms with van der Waals surface area (Å²) in [5, 5.41) is 6.25. The highest BCUT2D eigenvalue weighted by molar-refractivity contribution is 6.00. The molecular weight excluding hydrogens is 457 g/mol. The van der Waals surface area contributed by atoms with Gasteiger partial charge in [0.2, 0.25) is 5.91 Å². The average molecular weight is 500 g/mol. The maximum Gasteiger partial charge on any atom is 0.255 e. The molecule has 0 spiro atoms. The Morgan fingerprint density at radius 3 is 2.42 bits per heavy atom. The molecule has 1 aliphatic heterocycles. The Bertz CT molecular complexity index is 969. The maximum atomic E-state index is 15.1. The Hall–Kier alpha value is -2.28. The fourth-order valence-corrected chi connectivity index (χ4v) is 5.97. The highest BCUT2D eigenvalue weighted by atomic mass is 19.1. The molecule has 1 unspecified atom stereocenters. The predicted octanol–water partition coefficient (Wildman–Crippen LogP) is 4.50. The Balaban J connectivity index is 1.51. The lowest BCUT2D eigenvalue weighted by Crippen LogP contribution is -2.48. The summed E-state index contributed by atoms with van der Waals surface area (Å²) in [4.78, 5) is 41.1. The van der Waals surface area contributed by atoms with Crippen LogP contribution in [0, 0.1) is 24.6 Å². The largest absolute Gasteiger partial charge is 0.342 e. The Kier molecular flexibility index (Phi) is 8.81. The van der Waals surface area contributed by atoms with Crippen molar-refractivity contribution < 1.29 is 18.8 Å². The number of carbonyl (C=O) groups excluding carboxylic acids is 3. The molecule has 1 aromatic rings. The minimum absolute atomic E-state index is 0.0192. The van der Waals surface area contributed by atoms with Crippen LogP contribution in [0.15, 0.2) is 12.1 Å². The molecule has 2 amide bonds. The summed E-state index contributed by atoms with van der Waals surface area (Å²) in [6, 6.07) is 3.03. The van der Waals surface area contributed by atoms with Crippen LogP contribution in [0.25, 0.3) is 0 Å². The molecule has 6 nitrogen and oxygen atoms in total. The van der Waals surface area contributed by atoms with Crippen molar-refractivity contribution in [3.63, 3.8) is 0 Å². The Morgan fingerprint density at radius 2 is 1.75 bits per heavy atom. The van der Waals surface area contributed by atoms with E-state index >= 15 is 4.39 Å². The number of likely N-dealkylation sites (tertiary alicyclic amines) is 1. The fourth-order valence-electron chi connectivity index (χ4n) is 5.97. The summed E-state index contributed by atoms with van der Waals surface area (Å²) in [6.45, 7) is 7.17. The highest BCUT2D eigenvalue weighted by Gasteiger charge is 2.34. The topological polar surface area (TPSA) is 78.5 Å². The SMILES string of the molecule is Cc1c(C2CCCN(C(=O)CNC3CC3)C2)ccc(F)c1C(=O)N[C@@H](C(=O)C(C)C)C1CCCCC1. The predicted molar refractivity (Wildman–Crippen MR) is 138 cm³/mol. The minimum Gasteiger partial charge on any atom is -0.342 e. The molecule has 1 saturated heterocycles. The normalized spacial score (nSPS) is 21.9. The van der Waals surface area contributed by atoms with Crippen LogP contribution in [0.4, 0.5) is 4.39 Å². The van der Waals surface area contributed by atoms with Crippen molar-refractivity contribution in [3.8, 4) is 0 Å². The summed E-state index contributed by atoms with van der Waals surface area (Å²) in [6.07, 6.45) is 9.13. The van der Waals surface area contributed by atoms with Gasteiger partial charge in [0.1, 0.15) is 5.82 Å². The zero-order chi connectivity index (χ0) is 25.8. The summed E-state index contributed by atoms with van der Waals surface area (Å²) in [5.74, 6) is -0.986. The zero-order valence-electron chi connectivity index (χ0n) is 22.1. The van der Waals surface area contributed by atoms with E-state index in [4.69, 9.17) is 0 Å². The zero-order valence-corrected chi connectivity index (χ0v) is 22.1. The molecule has 3 fully saturated rings. The second-order valence-electron chi connectivity index (χ2n) is 11.4. The lowest BCUT2D eigenvalue weighted by atomic mass is 9.80. The molecule has 3 aliphatic rings. The first-order valence-corrected chi connectivity index (χ1v) is 13.9. The summed E-state index contributed by atoms with van der Waals surface area (Å²) in [5.41, 5.74) is 1.56. The van der Waals surface area contributed by atoms with Gasteiger partial charge in [-0.25, -0.2) is 4.39 Å². The summed E-state index contributed by atoms with van der Waals surface area (Å²) < 4.78 is 15.1. The summed E-state index contributed by atoms with van der Waals surface area (Å²) in [7, 11) is 0. The van der Waals surface area contributed by atoms with E-state index in [-0.39, 0.29) is 35.0 Å². The van der Waals surface area contributed by atoms with Gasteiger partial charge in [0.25, 0.3) is 5.91 Å². The van der Waals surface area contributed by atoms with Crippen molar-refractivity contribution in [1.82, 2.24) is 15.5 Å². The van der Waals surface area contributed by atoms with Crippen molar-refractivity contribution in [1.29, 1.82) is 0 Å². The molecule has 2 N–H and O–H groups in total. The molecule has 2 aliphatic carbocycles. The monoisotopic (exact) mass is 499 g/mol. The highest BCUT2D eigenvalue weighted by Crippen LogP contribution is 2.33. The molecule has 0 bridgehead atoms. The quantitative estimate of drug-likeness (QED) is 0.525. The van der Waals surface area contributed by atoms with E-state index in [1.165, 1.54) is 6.07 Å². The third-order valence-corrected chi connectivity index (χ3v) is 8.30. The Labute approximate surface area is 214 Å². The minimum atomic E-state index is -0.581. The van der Waals surface area contributed by atoms with Crippen LogP contribution in [-0.4, -0.2) is 54.2 Å². The third kappa shape index (κ3) is 6.34. The van der Waals surface area contributed by atoms with Gasteiger partial charge in [-0.3, -0.25) is 14.4 Å². The van der Waals surface area contributed by atoms with Gasteiger partial charge in [-0.05, 0) is 68.6 Å². The van der Waals surface area contributed by atoms with E-state index in [1.807, 2.05) is 18.7 Å². The van der Waals surface area contributed by atoms with Crippen LogP contribution >= 0.6 is 0 Å². The first kappa shape index (κ1) is 26.8. The van der Waals surface area contributed by atoms with E-state index in [1.54, 1.807) is 13.0 Å². The van der Waals surface area contributed by atoms with E-state index in [9.17, 15) is 14.4 Å². The van der Waals surface area contributed by atoms with Crippen molar-refractivity contribution in [3.05, 3.63) is 34.6 Å². The van der Waals surface area contributed by atoms with Crippen LogP contribution in [0.2, 0.25) is 0 Å². The molecule has 4 rings (SSSR count). The van der Waals surface area contributed by atoms with Gasteiger partial charge in [-0.1, -0.05) is 39.2 Å². The van der Waals surface area contributed by atoms with Gasteiger partial charge in [0.05, 0.1) is 18.2 Å². The molecule has 36 heavy (non-hydrogen) atoms. The molecule has 2 atom stereocenters. The lowest BCUT2D eigenvalue weighted by Gasteiger charge is -2.34. The molecule has 1 aromatic carbocycles. The number of Topliss-reactive ketones (excluding diaryl/α,β-unsaturated/α-hetero) is 1.